The van der Waals surface area contributed by atoms with Crippen molar-refractivity contribution in [3.63, 3.8) is 0 Å². The number of benzene rings is 1. The minimum Gasteiger partial charge on any atom is -0.312 e. The summed E-state index contributed by atoms with van der Waals surface area (Å²) in [5.41, 5.74) is 2.13. The minimum atomic E-state index is -0.162. The first kappa shape index (κ1) is 12.8. The third-order valence-electron chi connectivity index (χ3n) is 3.89. The van der Waals surface area contributed by atoms with Crippen LogP contribution in [0.3, 0.4) is 0 Å². The quantitative estimate of drug-likeness (QED) is 0.775. The highest BCUT2D eigenvalue weighted by Gasteiger charge is 2.30. The van der Waals surface area contributed by atoms with Crippen LogP contribution in [0.1, 0.15) is 24.8 Å². The molecule has 1 saturated heterocycles. The number of hydrogen-bond acceptors (Lipinski definition) is 3. The zero-order valence-electron chi connectivity index (χ0n) is 11.2. The Labute approximate surface area is 117 Å². The first-order valence-corrected chi connectivity index (χ1v) is 6.88. The summed E-state index contributed by atoms with van der Waals surface area (Å²) in [7, 11) is 0. The molecular formula is C15H16N2O3. The molecule has 2 aliphatic heterocycles. The number of fused-ring (bicyclic) bond motifs is 1. The molecule has 104 valence electrons. The van der Waals surface area contributed by atoms with E-state index in [2.05, 4.69) is 0 Å². The normalized spacial score (nSPS) is 17.8. The molecule has 0 spiro atoms. The van der Waals surface area contributed by atoms with E-state index >= 15 is 0 Å². The standard InChI is InChI=1S/C15H16N2O3/c18-13-5-6-14(19)17(13)10-8-15(20)16-9-7-11-3-1-2-4-12(11)16/h1-4H,5-10H2. The Bertz CT molecular complexity index is 566. The zero-order chi connectivity index (χ0) is 14.1. The molecule has 0 unspecified atom stereocenters. The second kappa shape index (κ2) is 5.07. The van der Waals surface area contributed by atoms with Gasteiger partial charge in [0.05, 0.1) is 0 Å². The number of rotatable bonds is 3. The van der Waals surface area contributed by atoms with Gasteiger partial charge < -0.3 is 4.90 Å². The van der Waals surface area contributed by atoms with Gasteiger partial charge in [0.15, 0.2) is 0 Å². The van der Waals surface area contributed by atoms with Gasteiger partial charge in [0.1, 0.15) is 0 Å². The number of carbonyl (C=O) groups excluding carboxylic acids is 3. The molecule has 20 heavy (non-hydrogen) atoms. The van der Waals surface area contributed by atoms with Gasteiger partial charge in [-0.1, -0.05) is 18.2 Å². The Morgan fingerprint density at radius 1 is 1.05 bits per heavy atom. The molecule has 0 atom stereocenters. The van der Waals surface area contributed by atoms with Gasteiger partial charge in [0.2, 0.25) is 17.7 Å². The molecule has 0 bridgehead atoms. The van der Waals surface area contributed by atoms with E-state index in [1.807, 2.05) is 24.3 Å². The topological polar surface area (TPSA) is 57.7 Å². The van der Waals surface area contributed by atoms with Crippen molar-refractivity contribution in [3.05, 3.63) is 29.8 Å². The highest BCUT2D eigenvalue weighted by atomic mass is 16.2. The van der Waals surface area contributed by atoms with E-state index < -0.39 is 0 Å². The lowest BCUT2D eigenvalue weighted by Gasteiger charge is -2.19. The Morgan fingerprint density at radius 2 is 1.75 bits per heavy atom. The van der Waals surface area contributed by atoms with Gasteiger partial charge in [-0.15, -0.1) is 0 Å². The van der Waals surface area contributed by atoms with Crippen LogP contribution in [0.2, 0.25) is 0 Å². The smallest absolute Gasteiger partial charge is 0.229 e. The molecule has 0 N–H and O–H groups in total. The number of imide groups is 1. The summed E-state index contributed by atoms with van der Waals surface area (Å²) in [5.74, 6) is -0.350. The minimum absolute atomic E-state index is 0.0255. The maximum absolute atomic E-state index is 12.3. The number of anilines is 1. The highest BCUT2D eigenvalue weighted by molar-refractivity contribution is 6.02. The van der Waals surface area contributed by atoms with Crippen LogP contribution in [-0.4, -0.2) is 35.7 Å². The molecule has 0 saturated carbocycles. The predicted octanol–water partition coefficient (Wildman–Crippen LogP) is 1.11. The average molecular weight is 272 g/mol. The molecule has 1 fully saturated rings. The molecule has 0 aromatic heterocycles. The summed E-state index contributed by atoms with van der Waals surface area (Å²) >= 11 is 0. The lowest BCUT2D eigenvalue weighted by Crippen LogP contribution is -2.35. The molecular weight excluding hydrogens is 256 g/mol. The molecule has 2 heterocycles. The fourth-order valence-corrected chi connectivity index (χ4v) is 2.81. The monoisotopic (exact) mass is 272 g/mol. The van der Waals surface area contributed by atoms with Crippen LogP contribution in [0, 0.1) is 0 Å². The maximum atomic E-state index is 12.3. The van der Waals surface area contributed by atoms with E-state index in [1.54, 1.807) is 4.90 Å². The van der Waals surface area contributed by atoms with E-state index in [0.29, 0.717) is 6.54 Å². The number of hydrogen-bond donors (Lipinski definition) is 0. The summed E-state index contributed by atoms with van der Waals surface area (Å²) in [6, 6.07) is 7.84. The molecule has 2 aliphatic rings. The van der Waals surface area contributed by atoms with Crippen molar-refractivity contribution in [1.82, 2.24) is 4.90 Å². The summed E-state index contributed by atoms with van der Waals surface area (Å²) in [5, 5.41) is 0. The van der Waals surface area contributed by atoms with Crippen molar-refractivity contribution in [1.29, 1.82) is 0 Å². The maximum Gasteiger partial charge on any atom is 0.229 e. The molecule has 5 heteroatoms. The van der Waals surface area contributed by atoms with Gasteiger partial charge in [0.25, 0.3) is 0 Å². The number of para-hydroxylation sites is 1. The first-order valence-electron chi connectivity index (χ1n) is 6.88. The molecule has 1 aromatic rings. The third kappa shape index (κ3) is 2.19. The zero-order valence-corrected chi connectivity index (χ0v) is 11.2. The van der Waals surface area contributed by atoms with E-state index in [0.717, 1.165) is 12.1 Å². The number of nitrogens with zero attached hydrogens (tertiary/aromatic N) is 2. The van der Waals surface area contributed by atoms with E-state index in [1.165, 1.54) is 10.5 Å². The van der Waals surface area contributed by atoms with Crippen molar-refractivity contribution >= 4 is 23.4 Å². The average Bonchev–Trinajstić information content (AvgIpc) is 3.01. The lowest BCUT2D eigenvalue weighted by atomic mass is 10.2. The largest absolute Gasteiger partial charge is 0.312 e. The molecule has 0 radical (unpaired) electrons. The van der Waals surface area contributed by atoms with E-state index in [4.69, 9.17) is 0 Å². The van der Waals surface area contributed by atoms with Crippen LogP contribution in [0.15, 0.2) is 24.3 Å². The Kier molecular flexibility index (Phi) is 3.26. The highest BCUT2D eigenvalue weighted by Crippen LogP contribution is 2.28. The van der Waals surface area contributed by atoms with Gasteiger partial charge in [-0.2, -0.15) is 0 Å². The van der Waals surface area contributed by atoms with Crippen LogP contribution < -0.4 is 4.90 Å². The van der Waals surface area contributed by atoms with Crippen molar-refractivity contribution in [3.8, 4) is 0 Å². The third-order valence-corrected chi connectivity index (χ3v) is 3.89. The molecule has 1 aromatic carbocycles. The summed E-state index contributed by atoms with van der Waals surface area (Å²) in [6.45, 7) is 0.884. The Morgan fingerprint density at radius 3 is 2.50 bits per heavy atom. The van der Waals surface area contributed by atoms with Crippen LogP contribution in [0.5, 0.6) is 0 Å². The molecule has 5 nitrogen and oxygen atoms in total. The summed E-state index contributed by atoms with van der Waals surface area (Å²) in [4.78, 5) is 38.2. The van der Waals surface area contributed by atoms with Crippen LogP contribution in [-0.2, 0) is 20.8 Å². The fraction of sp³-hybridized carbons (Fsp3) is 0.400. The summed E-state index contributed by atoms with van der Waals surface area (Å²) < 4.78 is 0. The Hall–Kier alpha value is -2.17. The summed E-state index contributed by atoms with van der Waals surface area (Å²) in [6.07, 6.45) is 1.62. The van der Waals surface area contributed by atoms with Crippen LogP contribution in [0.25, 0.3) is 0 Å². The molecule has 0 aliphatic carbocycles. The lowest BCUT2D eigenvalue weighted by molar-refractivity contribution is -0.138. The predicted molar refractivity (Wildman–Crippen MR) is 73.1 cm³/mol. The van der Waals surface area contributed by atoms with Crippen molar-refractivity contribution in [2.24, 2.45) is 0 Å². The number of amides is 3. The number of carbonyl (C=O) groups is 3. The van der Waals surface area contributed by atoms with Gasteiger partial charge >= 0.3 is 0 Å². The second-order valence-corrected chi connectivity index (χ2v) is 5.11. The van der Waals surface area contributed by atoms with Gasteiger partial charge in [0, 0.05) is 38.0 Å². The first-order chi connectivity index (χ1) is 9.66. The van der Waals surface area contributed by atoms with Crippen molar-refractivity contribution in [2.75, 3.05) is 18.0 Å². The van der Waals surface area contributed by atoms with E-state index in [-0.39, 0.29) is 43.5 Å². The van der Waals surface area contributed by atoms with Crippen LogP contribution in [0.4, 0.5) is 5.69 Å². The second-order valence-electron chi connectivity index (χ2n) is 5.11. The van der Waals surface area contributed by atoms with Gasteiger partial charge in [-0.25, -0.2) is 0 Å². The van der Waals surface area contributed by atoms with E-state index in [9.17, 15) is 14.4 Å². The van der Waals surface area contributed by atoms with Gasteiger partial charge in [-0.05, 0) is 18.1 Å². The fourth-order valence-electron chi connectivity index (χ4n) is 2.81. The molecule has 3 amide bonds. The molecule has 3 rings (SSSR count). The van der Waals surface area contributed by atoms with Crippen molar-refractivity contribution < 1.29 is 14.4 Å². The SMILES string of the molecule is O=C1CCC(=O)N1CCC(=O)N1CCc2ccccc21. The van der Waals surface area contributed by atoms with Gasteiger partial charge in [-0.3, -0.25) is 19.3 Å². The van der Waals surface area contributed by atoms with Crippen LogP contribution >= 0.6 is 0 Å². The Balaban J connectivity index is 1.64. The number of likely N-dealkylation sites (tertiary alicyclic amines) is 1. The van der Waals surface area contributed by atoms with Crippen molar-refractivity contribution in [2.45, 2.75) is 25.7 Å².